The number of aromatic hydroxyl groups is 1. The summed E-state index contributed by atoms with van der Waals surface area (Å²) in [5.41, 5.74) is 1.51. The smallest absolute Gasteiger partial charge is 0.253 e. The third kappa shape index (κ3) is 3.63. The van der Waals surface area contributed by atoms with Crippen molar-refractivity contribution in [1.82, 2.24) is 4.90 Å². The standard InChI is InChI=1S/C26H35F2NO3/c1-25-10-9-21-20-8-6-19(30)15-17(20)5-7-22(21)24(25)18(16-26(25,27)28)3-2-4-23(31)29-11-13-32-14-12-29/h6,8,15,18,21-22,24,30H,2-5,7,9-14,16H2,1H3/t18-,21?,22?,24?,25+/m1/s1. The molecule has 4 nitrogen and oxygen atoms in total. The van der Waals surface area contributed by atoms with E-state index in [2.05, 4.69) is 0 Å². The summed E-state index contributed by atoms with van der Waals surface area (Å²) in [5, 5.41) is 9.89. The number of carbonyl (C=O) groups excluding carboxylic acids is 1. The molecule has 3 aliphatic carbocycles. The lowest BCUT2D eigenvalue weighted by atomic mass is 9.53. The van der Waals surface area contributed by atoms with Gasteiger partial charge in [0.15, 0.2) is 0 Å². The average molecular weight is 448 g/mol. The number of rotatable bonds is 4. The molecule has 1 heterocycles. The van der Waals surface area contributed by atoms with Gasteiger partial charge in [-0.3, -0.25) is 4.79 Å². The first-order valence-electron chi connectivity index (χ1n) is 12.4. The SMILES string of the molecule is C[C@]12CCC3c4ccc(O)cc4CCC3C1[C@H](CCCC(=O)N1CCOCC1)CC2(F)F. The van der Waals surface area contributed by atoms with Crippen LogP contribution in [0, 0.1) is 23.2 Å². The highest BCUT2D eigenvalue weighted by Gasteiger charge is 2.67. The van der Waals surface area contributed by atoms with Crippen LogP contribution in [0.5, 0.6) is 5.75 Å². The van der Waals surface area contributed by atoms with Crippen LogP contribution in [0.1, 0.15) is 68.9 Å². The number of ether oxygens (including phenoxy) is 1. The van der Waals surface area contributed by atoms with Crippen molar-refractivity contribution in [1.29, 1.82) is 0 Å². The fraction of sp³-hybridized carbons (Fsp3) is 0.731. The number of phenolic OH excluding ortho intramolecular Hbond substituents is 1. The summed E-state index contributed by atoms with van der Waals surface area (Å²) < 4.78 is 36.1. The number of fused-ring (bicyclic) bond motifs is 5. The van der Waals surface area contributed by atoms with Crippen molar-refractivity contribution in [3.8, 4) is 5.75 Å². The number of alkyl halides is 2. The summed E-state index contributed by atoms with van der Waals surface area (Å²) in [6.07, 6.45) is 4.92. The van der Waals surface area contributed by atoms with Gasteiger partial charge in [-0.1, -0.05) is 13.0 Å². The molecule has 1 saturated heterocycles. The van der Waals surface area contributed by atoms with E-state index < -0.39 is 11.3 Å². The molecule has 0 aromatic heterocycles. The van der Waals surface area contributed by atoms with Gasteiger partial charge in [-0.05, 0) is 85.5 Å². The lowest BCUT2D eigenvalue weighted by Crippen LogP contribution is -2.47. The average Bonchev–Trinajstić information content (AvgIpc) is 2.99. The van der Waals surface area contributed by atoms with Crippen LogP contribution in [0.2, 0.25) is 0 Å². The third-order valence-electron chi connectivity index (χ3n) is 9.15. The number of nitrogens with zero attached hydrogens (tertiary/aromatic N) is 1. The molecule has 1 aromatic rings. The Morgan fingerprint density at radius 1 is 1.25 bits per heavy atom. The number of aryl methyl sites for hydroxylation is 1. The molecule has 4 aliphatic rings. The molecule has 0 radical (unpaired) electrons. The Labute approximate surface area is 189 Å². The van der Waals surface area contributed by atoms with E-state index >= 15 is 8.78 Å². The zero-order valence-electron chi connectivity index (χ0n) is 19.0. The highest BCUT2D eigenvalue weighted by molar-refractivity contribution is 5.76. The third-order valence-corrected chi connectivity index (χ3v) is 9.15. The highest BCUT2D eigenvalue weighted by atomic mass is 19.3. The first-order valence-corrected chi connectivity index (χ1v) is 12.4. The van der Waals surface area contributed by atoms with Gasteiger partial charge >= 0.3 is 0 Å². The quantitative estimate of drug-likeness (QED) is 0.695. The van der Waals surface area contributed by atoms with Crippen molar-refractivity contribution in [2.24, 2.45) is 23.2 Å². The van der Waals surface area contributed by atoms with Crippen LogP contribution in [-0.4, -0.2) is 48.1 Å². The monoisotopic (exact) mass is 447 g/mol. The van der Waals surface area contributed by atoms with Gasteiger partial charge in [0.25, 0.3) is 5.92 Å². The number of hydrogen-bond acceptors (Lipinski definition) is 3. The molecule has 6 heteroatoms. The molecule has 2 saturated carbocycles. The van der Waals surface area contributed by atoms with Gasteiger partial charge in [0.2, 0.25) is 5.91 Å². The Kier molecular flexibility index (Phi) is 5.71. The zero-order valence-corrected chi connectivity index (χ0v) is 19.0. The van der Waals surface area contributed by atoms with Gasteiger partial charge in [-0.2, -0.15) is 0 Å². The van der Waals surface area contributed by atoms with Crippen LogP contribution in [0.25, 0.3) is 0 Å². The summed E-state index contributed by atoms with van der Waals surface area (Å²) in [4.78, 5) is 14.4. The molecule has 32 heavy (non-hydrogen) atoms. The van der Waals surface area contributed by atoms with E-state index in [0.717, 1.165) is 19.3 Å². The largest absolute Gasteiger partial charge is 0.508 e. The van der Waals surface area contributed by atoms with Crippen molar-refractivity contribution in [2.75, 3.05) is 26.3 Å². The zero-order chi connectivity index (χ0) is 22.5. The number of morpholine rings is 1. The molecule has 1 amide bonds. The minimum atomic E-state index is -2.64. The van der Waals surface area contributed by atoms with Crippen molar-refractivity contribution < 1.29 is 23.4 Å². The predicted molar refractivity (Wildman–Crippen MR) is 118 cm³/mol. The van der Waals surface area contributed by atoms with Crippen LogP contribution < -0.4 is 0 Å². The van der Waals surface area contributed by atoms with E-state index in [1.165, 1.54) is 11.1 Å². The fourth-order valence-electron chi connectivity index (χ4n) is 7.57. The first-order chi connectivity index (χ1) is 15.3. The van der Waals surface area contributed by atoms with E-state index in [0.29, 0.717) is 57.9 Å². The molecule has 5 atom stereocenters. The molecule has 1 aliphatic heterocycles. The second-order valence-electron chi connectivity index (χ2n) is 10.7. The summed E-state index contributed by atoms with van der Waals surface area (Å²) in [6, 6.07) is 5.62. The number of halogens is 2. The van der Waals surface area contributed by atoms with Crippen molar-refractivity contribution in [3.63, 3.8) is 0 Å². The van der Waals surface area contributed by atoms with Crippen molar-refractivity contribution in [2.45, 2.75) is 70.1 Å². The highest BCUT2D eigenvalue weighted by Crippen LogP contribution is 2.68. The summed E-state index contributed by atoms with van der Waals surface area (Å²) >= 11 is 0. The number of amides is 1. The van der Waals surface area contributed by atoms with Gasteiger partial charge in [-0.25, -0.2) is 8.78 Å². The number of carbonyl (C=O) groups is 1. The lowest BCUT2D eigenvalue weighted by molar-refractivity contribution is -0.135. The Balaban J connectivity index is 1.32. The van der Waals surface area contributed by atoms with Crippen molar-refractivity contribution >= 4 is 5.91 Å². The Morgan fingerprint density at radius 3 is 2.81 bits per heavy atom. The Bertz CT molecular complexity index is 869. The van der Waals surface area contributed by atoms with Gasteiger partial charge < -0.3 is 14.7 Å². The number of benzene rings is 1. The molecule has 5 rings (SSSR count). The maximum absolute atomic E-state index is 15.4. The predicted octanol–water partition coefficient (Wildman–Crippen LogP) is 5.14. The lowest BCUT2D eigenvalue weighted by Gasteiger charge is -2.51. The Hall–Kier alpha value is -1.69. The summed E-state index contributed by atoms with van der Waals surface area (Å²) in [7, 11) is 0. The molecule has 3 fully saturated rings. The molecule has 3 unspecified atom stereocenters. The summed E-state index contributed by atoms with van der Waals surface area (Å²) in [6.45, 7) is 4.28. The Morgan fingerprint density at radius 2 is 2.03 bits per heavy atom. The maximum Gasteiger partial charge on any atom is 0.253 e. The van der Waals surface area contributed by atoms with Crippen LogP contribution in [0.3, 0.4) is 0 Å². The van der Waals surface area contributed by atoms with E-state index in [-0.39, 0.29) is 35.8 Å². The van der Waals surface area contributed by atoms with E-state index in [1.54, 1.807) is 6.07 Å². The first kappa shape index (κ1) is 22.1. The molecular weight excluding hydrogens is 412 g/mol. The molecule has 1 N–H and O–H groups in total. The molecule has 1 aromatic carbocycles. The van der Waals surface area contributed by atoms with Crippen LogP contribution in [-0.2, 0) is 16.0 Å². The van der Waals surface area contributed by atoms with E-state index in [1.807, 2.05) is 24.0 Å². The van der Waals surface area contributed by atoms with E-state index in [4.69, 9.17) is 4.74 Å². The molecular formula is C26H35F2NO3. The van der Waals surface area contributed by atoms with Gasteiger partial charge in [-0.15, -0.1) is 0 Å². The topological polar surface area (TPSA) is 49.8 Å². The van der Waals surface area contributed by atoms with Crippen LogP contribution in [0.4, 0.5) is 8.78 Å². The van der Waals surface area contributed by atoms with Gasteiger partial charge in [0.1, 0.15) is 5.75 Å². The molecule has 0 bridgehead atoms. The van der Waals surface area contributed by atoms with Gasteiger partial charge in [0, 0.05) is 31.3 Å². The van der Waals surface area contributed by atoms with E-state index in [9.17, 15) is 9.90 Å². The number of phenols is 1. The van der Waals surface area contributed by atoms with Crippen LogP contribution >= 0.6 is 0 Å². The van der Waals surface area contributed by atoms with Gasteiger partial charge in [0.05, 0.1) is 13.2 Å². The fourth-order valence-corrected chi connectivity index (χ4v) is 7.57. The minimum absolute atomic E-state index is 0.00306. The normalized spacial score (nSPS) is 35.7. The molecule has 176 valence electrons. The molecule has 0 spiro atoms. The second kappa shape index (κ2) is 8.27. The maximum atomic E-state index is 15.4. The van der Waals surface area contributed by atoms with Crippen LogP contribution in [0.15, 0.2) is 18.2 Å². The minimum Gasteiger partial charge on any atom is -0.508 e. The summed E-state index contributed by atoms with van der Waals surface area (Å²) in [5.74, 6) is -1.68. The second-order valence-corrected chi connectivity index (χ2v) is 10.7. The van der Waals surface area contributed by atoms with Crippen molar-refractivity contribution in [3.05, 3.63) is 29.3 Å². The number of hydrogen-bond donors (Lipinski definition) is 1.